The van der Waals surface area contributed by atoms with E-state index in [9.17, 15) is 5.11 Å². The molecule has 1 atom stereocenters. The molecule has 1 aromatic heterocycles. The van der Waals surface area contributed by atoms with Gasteiger partial charge in [-0.25, -0.2) is 4.98 Å². The van der Waals surface area contributed by atoms with E-state index in [0.29, 0.717) is 38.7 Å². The van der Waals surface area contributed by atoms with E-state index in [1.807, 2.05) is 32.2 Å². The Bertz CT molecular complexity index is 1140. The molecule has 5 rings (SSSR count). The lowest BCUT2D eigenvalue weighted by Crippen LogP contribution is -2.63. The van der Waals surface area contributed by atoms with Crippen molar-refractivity contribution < 1.29 is 9.84 Å². The van der Waals surface area contributed by atoms with Crippen LogP contribution in [0.15, 0.2) is 42.5 Å². The normalized spacial score (nSPS) is 22.2. The first-order valence-electron chi connectivity index (χ1n) is 11.2. The van der Waals surface area contributed by atoms with Crippen molar-refractivity contribution in [3.63, 3.8) is 0 Å². The van der Waals surface area contributed by atoms with Gasteiger partial charge in [-0.1, -0.05) is 35.9 Å². The molecule has 3 heterocycles. The van der Waals surface area contributed by atoms with Crippen LogP contribution in [-0.4, -0.2) is 54.0 Å². The minimum atomic E-state index is -0.871. The highest BCUT2D eigenvalue weighted by Gasteiger charge is 2.37. The van der Waals surface area contributed by atoms with Gasteiger partial charge in [0.15, 0.2) is 0 Å². The van der Waals surface area contributed by atoms with Gasteiger partial charge in [-0.05, 0) is 50.6 Å². The molecule has 0 amide bonds. The Morgan fingerprint density at radius 3 is 2.72 bits per heavy atom. The van der Waals surface area contributed by atoms with Crippen molar-refractivity contribution in [3.05, 3.63) is 59.2 Å². The molecule has 7 nitrogen and oxygen atoms in total. The number of benzene rings is 2. The van der Waals surface area contributed by atoms with Crippen LogP contribution in [0.2, 0.25) is 0 Å². The van der Waals surface area contributed by atoms with Crippen molar-refractivity contribution in [2.75, 3.05) is 43.6 Å². The van der Waals surface area contributed by atoms with E-state index >= 15 is 0 Å². The topological polar surface area (TPSA) is 82.5 Å². The molecule has 2 aliphatic rings. The van der Waals surface area contributed by atoms with Gasteiger partial charge >= 0.3 is 0 Å². The summed E-state index contributed by atoms with van der Waals surface area (Å²) in [6, 6.07) is 14.4. The zero-order valence-electron chi connectivity index (χ0n) is 19.0. The smallest absolute Gasteiger partial charge is 0.228 e. The average Bonchev–Trinajstić information content (AvgIpc) is 2.89. The van der Waals surface area contributed by atoms with Crippen LogP contribution in [0.1, 0.15) is 30.0 Å². The molecule has 1 saturated heterocycles. The summed E-state index contributed by atoms with van der Waals surface area (Å²) in [4.78, 5) is 12.1. The van der Waals surface area contributed by atoms with Crippen LogP contribution in [0.3, 0.4) is 0 Å². The second kappa shape index (κ2) is 7.99. The van der Waals surface area contributed by atoms with Crippen molar-refractivity contribution >= 4 is 22.7 Å². The summed E-state index contributed by atoms with van der Waals surface area (Å²) < 4.78 is 5.44. The zero-order chi connectivity index (χ0) is 22.3. The predicted molar refractivity (Wildman–Crippen MR) is 127 cm³/mol. The third kappa shape index (κ3) is 3.81. The van der Waals surface area contributed by atoms with Crippen LogP contribution in [0.4, 0.5) is 11.8 Å². The number of aryl methyl sites for hydroxylation is 1. The third-order valence-corrected chi connectivity index (χ3v) is 6.83. The summed E-state index contributed by atoms with van der Waals surface area (Å²) in [7, 11) is 1.97. The lowest BCUT2D eigenvalue weighted by Gasteiger charge is -2.41. The Morgan fingerprint density at radius 1 is 1.16 bits per heavy atom. The second-order valence-corrected chi connectivity index (χ2v) is 9.37. The standard InChI is InChI=1S/C25H31N5O2/c1-17-8-9-21-19(12-17)22(27-14-25(26-3)15-32-16-25)29-23(28-21)30-11-10-24(2,31)20-7-5-4-6-18(20)13-30/h4-9,12,26,31H,10-11,13-16H2,1-3H3,(H,27,28,29). The average molecular weight is 434 g/mol. The van der Waals surface area contributed by atoms with Crippen LogP contribution in [-0.2, 0) is 16.9 Å². The Kier molecular flexibility index (Phi) is 5.28. The quantitative estimate of drug-likeness (QED) is 0.571. The minimum Gasteiger partial charge on any atom is -0.385 e. The second-order valence-electron chi connectivity index (χ2n) is 9.37. The first-order chi connectivity index (χ1) is 15.4. The molecule has 32 heavy (non-hydrogen) atoms. The molecular weight excluding hydrogens is 402 g/mol. The zero-order valence-corrected chi connectivity index (χ0v) is 19.0. The first kappa shape index (κ1) is 21.1. The molecule has 3 aromatic rings. The molecule has 0 aliphatic carbocycles. The molecule has 168 valence electrons. The Labute approximate surface area is 188 Å². The number of fused-ring (bicyclic) bond motifs is 2. The predicted octanol–water partition coefficient (Wildman–Crippen LogP) is 2.96. The van der Waals surface area contributed by atoms with Crippen molar-refractivity contribution in [3.8, 4) is 0 Å². The number of hydrogen-bond donors (Lipinski definition) is 3. The summed E-state index contributed by atoms with van der Waals surface area (Å²) >= 11 is 0. The fourth-order valence-corrected chi connectivity index (χ4v) is 4.57. The molecule has 1 fully saturated rings. The van der Waals surface area contributed by atoms with Crippen molar-refractivity contribution in [2.24, 2.45) is 0 Å². The first-order valence-corrected chi connectivity index (χ1v) is 11.2. The van der Waals surface area contributed by atoms with Gasteiger partial charge in [-0.15, -0.1) is 0 Å². The van der Waals surface area contributed by atoms with Gasteiger partial charge in [0.25, 0.3) is 0 Å². The van der Waals surface area contributed by atoms with Gasteiger partial charge in [-0.2, -0.15) is 4.98 Å². The van der Waals surface area contributed by atoms with Gasteiger partial charge in [-0.3, -0.25) is 0 Å². The van der Waals surface area contributed by atoms with E-state index in [2.05, 4.69) is 46.7 Å². The highest BCUT2D eigenvalue weighted by Crippen LogP contribution is 2.34. The lowest BCUT2D eigenvalue weighted by atomic mass is 9.90. The van der Waals surface area contributed by atoms with E-state index in [1.54, 1.807) is 0 Å². The summed E-state index contributed by atoms with van der Waals surface area (Å²) in [5.74, 6) is 1.51. The lowest BCUT2D eigenvalue weighted by molar-refractivity contribution is -0.0632. The maximum atomic E-state index is 11.1. The highest BCUT2D eigenvalue weighted by molar-refractivity contribution is 5.90. The molecule has 2 aliphatic heterocycles. The summed E-state index contributed by atoms with van der Waals surface area (Å²) in [6.07, 6.45) is 0.613. The van der Waals surface area contributed by atoms with Crippen molar-refractivity contribution in [2.45, 2.75) is 38.0 Å². The largest absolute Gasteiger partial charge is 0.385 e. The number of ether oxygens (including phenoxy) is 1. The summed E-state index contributed by atoms with van der Waals surface area (Å²) in [5, 5.41) is 19.0. The third-order valence-electron chi connectivity index (χ3n) is 6.83. The molecule has 1 unspecified atom stereocenters. The van der Waals surface area contributed by atoms with Gasteiger partial charge in [0.05, 0.1) is 29.9 Å². The molecule has 3 N–H and O–H groups in total. The number of anilines is 2. The summed E-state index contributed by atoms with van der Waals surface area (Å²) in [6.45, 7) is 7.40. The summed E-state index contributed by atoms with van der Waals surface area (Å²) in [5.41, 5.74) is 3.24. The molecule has 0 radical (unpaired) electrons. The van der Waals surface area contributed by atoms with Gasteiger partial charge in [0, 0.05) is 25.0 Å². The number of hydrogen-bond acceptors (Lipinski definition) is 7. The van der Waals surface area contributed by atoms with E-state index in [-0.39, 0.29) is 5.54 Å². The van der Waals surface area contributed by atoms with Crippen LogP contribution < -0.4 is 15.5 Å². The number of likely N-dealkylation sites (N-methyl/N-ethyl adjacent to an activating group) is 1. The fourth-order valence-electron chi connectivity index (χ4n) is 4.57. The fraction of sp³-hybridized carbons (Fsp3) is 0.440. The van der Waals surface area contributed by atoms with Gasteiger partial charge < -0.3 is 25.4 Å². The van der Waals surface area contributed by atoms with Crippen LogP contribution >= 0.6 is 0 Å². The van der Waals surface area contributed by atoms with Crippen LogP contribution in [0.5, 0.6) is 0 Å². The SMILES string of the molecule is CNC1(CNc2nc(N3CCC(C)(O)c4ccccc4C3)nc3ccc(C)cc23)COC1. The van der Waals surface area contributed by atoms with E-state index < -0.39 is 5.60 Å². The maximum absolute atomic E-state index is 11.1. The molecule has 0 spiro atoms. The number of nitrogens with one attached hydrogen (secondary N) is 2. The Morgan fingerprint density at radius 2 is 1.97 bits per heavy atom. The molecule has 0 saturated carbocycles. The van der Waals surface area contributed by atoms with E-state index in [4.69, 9.17) is 14.7 Å². The highest BCUT2D eigenvalue weighted by atomic mass is 16.5. The Hall–Kier alpha value is -2.74. The molecular formula is C25H31N5O2. The maximum Gasteiger partial charge on any atom is 0.228 e. The van der Waals surface area contributed by atoms with E-state index in [1.165, 1.54) is 5.56 Å². The number of nitrogens with zero attached hydrogens (tertiary/aromatic N) is 3. The minimum absolute atomic E-state index is 0.0679. The number of aromatic nitrogens is 2. The van der Waals surface area contributed by atoms with Crippen molar-refractivity contribution in [1.82, 2.24) is 15.3 Å². The van der Waals surface area contributed by atoms with Crippen LogP contribution in [0, 0.1) is 6.92 Å². The Balaban J connectivity index is 1.52. The van der Waals surface area contributed by atoms with Crippen LogP contribution in [0.25, 0.3) is 10.9 Å². The number of rotatable bonds is 5. The molecule has 0 bridgehead atoms. The molecule has 2 aromatic carbocycles. The van der Waals surface area contributed by atoms with Gasteiger partial charge in [0.1, 0.15) is 5.82 Å². The number of aliphatic hydroxyl groups is 1. The molecule has 7 heteroatoms. The van der Waals surface area contributed by atoms with E-state index in [0.717, 1.165) is 34.4 Å². The monoisotopic (exact) mass is 433 g/mol. The van der Waals surface area contributed by atoms with Gasteiger partial charge in [0.2, 0.25) is 5.95 Å². The van der Waals surface area contributed by atoms with Crippen molar-refractivity contribution in [1.29, 1.82) is 0 Å².